The van der Waals surface area contributed by atoms with Crippen LogP contribution < -0.4 is 0 Å². The summed E-state index contributed by atoms with van der Waals surface area (Å²) in [6.45, 7) is 3.76. The van der Waals surface area contributed by atoms with E-state index in [9.17, 15) is 4.79 Å². The number of hydrogen-bond acceptors (Lipinski definition) is 2. The summed E-state index contributed by atoms with van der Waals surface area (Å²) in [6, 6.07) is 9.53. The highest BCUT2D eigenvalue weighted by molar-refractivity contribution is 5.68. The average Bonchev–Trinajstić information content (AvgIpc) is 2.18. The quantitative estimate of drug-likeness (QED) is 0.773. The van der Waals surface area contributed by atoms with Gasteiger partial charge in [-0.25, -0.2) is 4.79 Å². The molecule has 0 aliphatic rings. The Hall–Kier alpha value is -1.61. The number of hydrogen-bond donors (Lipinski definition) is 1. The molecule has 0 spiro atoms. The molecular weight excluding hydrogens is 180 g/mol. The minimum atomic E-state index is -0.967. The van der Waals surface area contributed by atoms with Crippen LogP contribution in [0.1, 0.15) is 5.56 Å². The van der Waals surface area contributed by atoms with E-state index in [1.54, 1.807) is 0 Å². The molecule has 1 rings (SSSR count). The normalized spacial score (nSPS) is 9.71. The summed E-state index contributed by atoms with van der Waals surface area (Å²) in [5.41, 5.74) is 1.75. The Morgan fingerprint density at radius 3 is 2.50 bits per heavy atom. The van der Waals surface area contributed by atoms with Crippen LogP contribution in [-0.4, -0.2) is 24.3 Å². The van der Waals surface area contributed by atoms with Gasteiger partial charge in [-0.2, -0.15) is 0 Å². The number of rotatable bonds is 5. The Labute approximate surface area is 82.6 Å². The molecular formula is C11H12O3. The predicted octanol–water partition coefficient (Wildman–Crippen LogP) is 1.80. The summed E-state index contributed by atoms with van der Waals surface area (Å²) in [4.78, 5) is 10.2. The first-order valence-electron chi connectivity index (χ1n) is 4.23. The van der Waals surface area contributed by atoms with Crippen LogP contribution in [0.3, 0.4) is 0 Å². The van der Waals surface area contributed by atoms with Crippen molar-refractivity contribution in [3.8, 4) is 0 Å². The monoisotopic (exact) mass is 192 g/mol. The van der Waals surface area contributed by atoms with Gasteiger partial charge in [0.15, 0.2) is 0 Å². The second kappa shape index (κ2) is 5.19. The zero-order valence-corrected chi connectivity index (χ0v) is 7.77. The van der Waals surface area contributed by atoms with Crippen LogP contribution in [0.4, 0.5) is 0 Å². The van der Waals surface area contributed by atoms with Gasteiger partial charge in [-0.15, -0.1) is 0 Å². The van der Waals surface area contributed by atoms with Crippen molar-refractivity contribution in [2.45, 2.75) is 0 Å². The largest absolute Gasteiger partial charge is 0.480 e. The molecule has 14 heavy (non-hydrogen) atoms. The highest BCUT2D eigenvalue weighted by Crippen LogP contribution is 2.11. The lowest BCUT2D eigenvalue weighted by Crippen LogP contribution is -2.08. The summed E-state index contributed by atoms with van der Waals surface area (Å²) in [6.07, 6.45) is 0. The number of carboxylic acid groups (broad SMARTS) is 1. The lowest BCUT2D eigenvalue weighted by Gasteiger charge is -2.05. The fourth-order valence-electron chi connectivity index (χ4n) is 1.02. The van der Waals surface area contributed by atoms with Gasteiger partial charge in [-0.05, 0) is 11.1 Å². The van der Waals surface area contributed by atoms with E-state index in [1.165, 1.54) is 0 Å². The number of benzene rings is 1. The summed E-state index contributed by atoms with van der Waals surface area (Å²) >= 11 is 0. The molecule has 0 saturated heterocycles. The highest BCUT2D eigenvalue weighted by atomic mass is 16.5. The van der Waals surface area contributed by atoms with Crippen molar-refractivity contribution in [1.29, 1.82) is 0 Å². The SMILES string of the molecule is C=C(COCC(=O)O)c1ccccc1. The summed E-state index contributed by atoms with van der Waals surface area (Å²) in [5, 5.41) is 8.34. The Bertz CT molecular complexity index is 317. The molecule has 0 aliphatic carbocycles. The molecule has 0 heterocycles. The molecule has 1 aromatic carbocycles. The van der Waals surface area contributed by atoms with Gasteiger partial charge in [0.1, 0.15) is 6.61 Å². The molecule has 0 aromatic heterocycles. The molecule has 0 fully saturated rings. The van der Waals surface area contributed by atoms with Crippen LogP contribution in [0.25, 0.3) is 5.57 Å². The van der Waals surface area contributed by atoms with Crippen LogP contribution >= 0.6 is 0 Å². The standard InChI is InChI=1S/C11H12O3/c1-9(7-14-8-11(12)13)10-5-3-2-4-6-10/h2-6H,1,7-8H2,(H,12,13). The molecule has 0 unspecified atom stereocenters. The van der Waals surface area contributed by atoms with E-state index in [2.05, 4.69) is 6.58 Å². The van der Waals surface area contributed by atoms with Gasteiger partial charge < -0.3 is 9.84 Å². The zero-order chi connectivity index (χ0) is 10.4. The highest BCUT2D eigenvalue weighted by Gasteiger charge is 2.00. The average molecular weight is 192 g/mol. The van der Waals surface area contributed by atoms with Crippen molar-refractivity contribution in [3.05, 3.63) is 42.5 Å². The Balaban J connectivity index is 2.40. The van der Waals surface area contributed by atoms with Crippen molar-refractivity contribution in [2.24, 2.45) is 0 Å². The smallest absolute Gasteiger partial charge is 0.329 e. The molecule has 0 bridgehead atoms. The zero-order valence-electron chi connectivity index (χ0n) is 7.77. The van der Waals surface area contributed by atoms with Crippen LogP contribution in [0, 0.1) is 0 Å². The second-order valence-electron chi connectivity index (χ2n) is 2.86. The van der Waals surface area contributed by atoms with E-state index in [4.69, 9.17) is 9.84 Å². The fraction of sp³-hybridized carbons (Fsp3) is 0.182. The van der Waals surface area contributed by atoms with E-state index in [1.807, 2.05) is 30.3 Å². The van der Waals surface area contributed by atoms with Gasteiger partial charge in [-0.3, -0.25) is 0 Å². The third kappa shape index (κ3) is 3.41. The lowest BCUT2D eigenvalue weighted by atomic mass is 10.1. The molecule has 0 atom stereocenters. The first-order valence-corrected chi connectivity index (χ1v) is 4.23. The molecule has 3 heteroatoms. The molecule has 74 valence electrons. The summed E-state index contributed by atoms with van der Waals surface area (Å²) in [7, 11) is 0. The van der Waals surface area contributed by atoms with Crippen molar-refractivity contribution in [3.63, 3.8) is 0 Å². The van der Waals surface area contributed by atoms with Gasteiger partial charge in [0.2, 0.25) is 0 Å². The topological polar surface area (TPSA) is 46.5 Å². The van der Waals surface area contributed by atoms with Crippen molar-refractivity contribution < 1.29 is 14.6 Å². The predicted molar refractivity (Wildman–Crippen MR) is 53.9 cm³/mol. The van der Waals surface area contributed by atoms with Crippen LogP contribution in [0.5, 0.6) is 0 Å². The third-order valence-corrected chi connectivity index (χ3v) is 1.68. The van der Waals surface area contributed by atoms with E-state index in [0.29, 0.717) is 0 Å². The summed E-state index contributed by atoms with van der Waals surface area (Å²) in [5.74, 6) is -0.967. The van der Waals surface area contributed by atoms with Crippen LogP contribution in [0.2, 0.25) is 0 Å². The molecule has 3 nitrogen and oxygen atoms in total. The van der Waals surface area contributed by atoms with E-state index in [0.717, 1.165) is 11.1 Å². The van der Waals surface area contributed by atoms with E-state index >= 15 is 0 Å². The maximum absolute atomic E-state index is 10.2. The Morgan fingerprint density at radius 2 is 1.93 bits per heavy atom. The maximum Gasteiger partial charge on any atom is 0.329 e. The Morgan fingerprint density at radius 1 is 1.29 bits per heavy atom. The number of carboxylic acids is 1. The molecule has 0 amide bonds. The molecule has 0 aliphatic heterocycles. The first kappa shape index (κ1) is 10.5. The van der Waals surface area contributed by atoms with Gasteiger partial charge in [0.05, 0.1) is 6.61 Å². The van der Waals surface area contributed by atoms with Crippen LogP contribution in [0.15, 0.2) is 36.9 Å². The minimum absolute atomic E-state index is 0.246. The lowest BCUT2D eigenvalue weighted by molar-refractivity contribution is -0.141. The molecule has 1 aromatic rings. The van der Waals surface area contributed by atoms with Gasteiger partial charge in [0, 0.05) is 0 Å². The minimum Gasteiger partial charge on any atom is -0.480 e. The second-order valence-corrected chi connectivity index (χ2v) is 2.86. The van der Waals surface area contributed by atoms with Crippen molar-refractivity contribution in [2.75, 3.05) is 13.2 Å². The molecule has 1 N–H and O–H groups in total. The van der Waals surface area contributed by atoms with Crippen LogP contribution in [-0.2, 0) is 9.53 Å². The van der Waals surface area contributed by atoms with E-state index < -0.39 is 5.97 Å². The summed E-state index contributed by atoms with van der Waals surface area (Å²) < 4.78 is 4.91. The first-order chi connectivity index (χ1) is 6.70. The molecule has 0 saturated carbocycles. The number of ether oxygens (including phenoxy) is 1. The fourth-order valence-corrected chi connectivity index (χ4v) is 1.02. The van der Waals surface area contributed by atoms with Crippen molar-refractivity contribution >= 4 is 11.5 Å². The van der Waals surface area contributed by atoms with E-state index in [-0.39, 0.29) is 13.2 Å². The number of carbonyl (C=O) groups is 1. The number of aliphatic carboxylic acids is 1. The Kier molecular flexibility index (Phi) is 3.88. The third-order valence-electron chi connectivity index (χ3n) is 1.68. The van der Waals surface area contributed by atoms with Crippen molar-refractivity contribution in [1.82, 2.24) is 0 Å². The van der Waals surface area contributed by atoms with Gasteiger partial charge >= 0.3 is 5.97 Å². The van der Waals surface area contributed by atoms with Gasteiger partial charge in [-0.1, -0.05) is 36.9 Å². The maximum atomic E-state index is 10.2. The molecule has 0 radical (unpaired) electrons. The van der Waals surface area contributed by atoms with Gasteiger partial charge in [0.25, 0.3) is 0 Å².